The van der Waals surface area contributed by atoms with Crippen LogP contribution in [-0.4, -0.2) is 68.2 Å². The Hall–Kier alpha value is 0.0700. The monoisotopic (exact) mass is 335 g/mol. The van der Waals surface area contributed by atoms with Crippen LogP contribution in [0.3, 0.4) is 0 Å². The molecule has 0 aromatic heterocycles. The summed E-state index contributed by atoms with van der Waals surface area (Å²) in [5.41, 5.74) is 0. The lowest BCUT2D eigenvalue weighted by Crippen LogP contribution is -2.51. The summed E-state index contributed by atoms with van der Waals surface area (Å²) in [7, 11) is -2.54. The number of hydrogen-bond acceptors (Lipinski definition) is 4. The Morgan fingerprint density at radius 3 is 2.00 bits per heavy atom. The molecule has 2 fully saturated rings. The molecule has 2 rings (SSSR count). The average molecular weight is 335 g/mol. The minimum Gasteiger partial charge on any atom is -0.318 e. The molecule has 2 saturated heterocycles. The maximum atomic E-state index is 12.3. The Morgan fingerprint density at radius 1 is 1.05 bits per heavy atom. The molecule has 2 aliphatic heterocycles. The zero-order valence-corrected chi connectivity index (χ0v) is 16.5. The smallest absolute Gasteiger partial charge is 0.269 e. The molecule has 6 heteroatoms. The molecule has 22 heavy (non-hydrogen) atoms. The molecule has 2 aliphatic rings. The molecule has 0 saturated carbocycles. The zero-order chi connectivity index (χ0) is 17.0. The van der Waals surface area contributed by atoms with Crippen molar-refractivity contribution in [2.75, 3.05) is 52.5 Å². The summed E-state index contributed by atoms with van der Waals surface area (Å²) in [4.78, 5) is 2.56. The van der Waals surface area contributed by atoms with Crippen LogP contribution in [0.5, 0.6) is 0 Å². The van der Waals surface area contributed by atoms with Gasteiger partial charge in [-0.15, -0.1) is 0 Å². The van der Waals surface area contributed by atoms with E-state index in [1.165, 1.54) is 12.8 Å². The lowest BCUT2D eigenvalue weighted by Gasteiger charge is -2.42. The lowest BCUT2D eigenvalue weighted by atomic mass is 10.0. The van der Waals surface area contributed by atoms with Crippen molar-refractivity contribution in [1.29, 1.82) is 0 Å². The van der Waals surface area contributed by atoms with E-state index < -0.39 is 7.52 Å². The van der Waals surface area contributed by atoms with Gasteiger partial charge < -0.3 is 9.84 Å². The standard InChI is InChI=1S/C12H26N3O2P.2C2H6/c1-3-17-18(2,16)15-10-8-14(9-11-15)12-4-6-13-7-5-12;2*1-2/h12-13H,3-11H2,1-2H3;2*1-2H3. The molecular formula is C16H38N3O2P. The van der Waals surface area contributed by atoms with E-state index in [0.29, 0.717) is 6.61 Å². The molecule has 0 aliphatic carbocycles. The molecule has 0 aromatic carbocycles. The summed E-state index contributed by atoms with van der Waals surface area (Å²) >= 11 is 0. The molecule has 2 heterocycles. The van der Waals surface area contributed by atoms with Crippen LogP contribution in [0.1, 0.15) is 47.5 Å². The van der Waals surface area contributed by atoms with Crippen molar-refractivity contribution in [1.82, 2.24) is 14.9 Å². The first-order valence-corrected chi connectivity index (χ1v) is 11.1. The van der Waals surface area contributed by atoms with Crippen molar-refractivity contribution in [3.63, 3.8) is 0 Å². The van der Waals surface area contributed by atoms with Gasteiger partial charge in [-0.05, 0) is 32.9 Å². The predicted molar refractivity (Wildman–Crippen MR) is 96.9 cm³/mol. The largest absolute Gasteiger partial charge is 0.318 e. The maximum Gasteiger partial charge on any atom is 0.269 e. The predicted octanol–water partition coefficient (Wildman–Crippen LogP) is 3.27. The quantitative estimate of drug-likeness (QED) is 0.799. The summed E-state index contributed by atoms with van der Waals surface area (Å²) < 4.78 is 19.8. The van der Waals surface area contributed by atoms with E-state index in [9.17, 15) is 4.57 Å². The van der Waals surface area contributed by atoms with Crippen molar-refractivity contribution < 1.29 is 9.09 Å². The van der Waals surface area contributed by atoms with E-state index in [1.54, 1.807) is 6.66 Å². The van der Waals surface area contributed by atoms with Crippen LogP contribution in [0, 0.1) is 0 Å². The van der Waals surface area contributed by atoms with Crippen molar-refractivity contribution in [2.45, 2.75) is 53.5 Å². The molecule has 5 nitrogen and oxygen atoms in total. The van der Waals surface area contributed by atoms with Crippen molar-refractivity contribution >= 4 is 7.52 Å². The van der Waals surface area contributed by atoms with Crippen LogP contribution in [0.2, 0.25) is 0 Å². The highest BCUT2D eigenvalue weighted by Crippen LogP contribution is 2.47. The number of piperidine rings is 1. The van der Waals surface area contributed by atoms with Gasteiger partial charge in [-0.25, -0.2) is 4.67 Å². The van der Waals surface area contributed by atoms with E-state index in [0.717, 1.165) is 45.3 Å². The highest BCUT2D eigenvalue weighted by Gasteiger charge is 2.31. The van der Waals surface area contributed by atoms with Crippen molar-refractivity contribution in [2.24, 2.45) is 0 Å². The minimum atomic E-state index is -2.54. The Balaban J connectivity index is 0.00000102. The summed E-state index contributed by atoms with van der Waals surface area (Å²) in [5.74, 6) is 0. The first-order valence-electron chi connectivity index (χ1n) is 9.05. The van der Waals surface area contributed by atoms with Crippen LogP contribution in [0.15, 0.2) is 0 Å². The highest BCUT2D eigenvalue weighted by molar-refractivity contribution is 7.55. The highest BCUT2D eigenvalue weighted by atomic mass is 31.2. The van der Waals surface area contributed by atoms with E-state index in [-0.39, 0.29) is 0 Å². The van der Waals surface area contributed by atoms with Crippen molar-refractivity contribution in [3.8, 4) is 0 Å². The molecule has 0 aromatic rings. The van der Waals surface area contributed by atoms with Crippen LogP contribution < -0.4 is 5.32 Å². The molecule has 1 N–H and O–H groups in total. The summed E-state index contributed by atoms with van der Waals surface area (Å²) in [6, 6.07) is 0.719. The van der Waals surface area contributed by atoms with Gasteiger partial charge in [0.15, 0.2) is 0 Å². The molecule has 0 bridgehead atoms. The topological polar surface area (TPSA) is 44.8 Å². The Labute approximate surface area is 138 Å². The number of rotatable bonds is 4. The SMILES string of the molecule is CC.CC.CCOP(C)(=O)N1CCN(C2CCNCC2)CC1. The number of hydrogen-bond donors (Lipinski definition) is 1. The van der Waals surface area contributed by atoms with Crippen molar-refractivity contribution in [3.05, 3.63) is 0 Å². The zero-order valence-electron chi connectivity index (χ0n) is 15.6. The first kappa shape index (κ1) is 22.1. The van der Waals surface area contributed by atoms with Gasteiger partial charge in [0.2, 0.25) is 0 Å². The average Bonchev–Trinajstić information content (AvgIpc) is 2.59. The van der Waals surface area contributed by atoms with Gasteiger partial charge in [0.1, 0.15) is 0 Å². The fourth-order valence-corrected chi connectivity index (χ4v) is 4.48. The molecule has 0 radical (unpaired) electrons. The molecule has 1 atom stereocenters. The third-order valence-corrected chi connectivity index (χ3v) is 6.16. The van der Waals surface area contributed by atoms with Gasteiger partial charge in [-0.1, -0.05) is 27.7 Å². The normalized spacial score (nSPS) is 23.5. The van der Waals surface area contributed by atoms with Crippen LogP contribution in [0.4, 0.5) is 0 Å². The van der Waals surface area contributed by atoms with Gasteiger partial charge in [0.05, 0.1) is 6.61 Å². The molecule has 1 unspecified atom stereocenters. The fourth-order valence-electron chi connectivity index (χ4n) is 2.93. The summed E-state index contributed by atoms with van der Waals surface area (Å²) in [6.45, 7) is 18.2. The fraction of sp³-hybridized carbons (Fsp3) is 1.00. The van der Waals surface area contributed by atoms with E-state index in [4.69, 9.17) is 4.52 Å². The van der Waals surface area contributed by atoms with Gasteiger partial charge in [0.25, 0.3) is 7.52 Å². The second-order valence-electron chi connectivity index (χ2n) is 5.19. The van der Waals surface area contributed by atoms with E-state index >= 15 is 0 Å². The van der Waals surface area contributed by atoms with Gasteiger partial charge >= 0.3 is 0 Å². The second-order valence-corrected chi connectivity index (χ2v) is 7.62. The Kier molecular flexibility index (Phi) is 12.5. The summed E-state index contributed by atoms with van der Waals surface area (Å²) in [5, 5.41) is 3.40. The van der Waals surface area contributed by atoms with Crippen LogP contribution in [0.25, 0.3) is 0 Å². The van der Waals surface area contributed by atoms with E-state index in [1.807, 2.05) is 39.3 Å². The van der Waals surface area contributed by atoms with Gasteiger partial charge in [-0.3, -0.25) is 9.46 Å². The number of nitrogens with zero attached hydrogens (tertiary/aromatic N) is 2. The molecule has 0 spiro atoms. The first-order chi connectivity index (χ1) is 10.6. The third-order valence-electron chi connectivity index (χ3n) is 4.00. The maximum absolute atomic E-state index is 12.3. The van der Waals surface area contributed by atoms with Gasteiger partial charge in [-0.2, -0.15) is 0 Å². The molecular weight excluding hydrogens is 297 g/mol. The lowest BCUT2D eigenvalue weighted by molar-refractivity contribution is 0.107. The Bertz CT molecular complexity index is 302. The molecule has 0 amide bonds. The number of piperazine rings is 1. The molecule has 134 valence electrons. The van der Waals surface area contributed by atoms with Gasteiger partial charge in [0, 0.05) is 38.9 Å². The van der Waals surface area contributed by atoms with Crippen LogP contribution in [-0.2, 0) is 9.09 Å². The third kappa shape index (κ3) is 7.10. The number of nitrogens with one attached hydrogen (secondary N) is 1. The second kappa shape index (κ2) is 12.5. The van der Waals surface area contributed by atoms with E-state index in [2.05, 4.69) is 10.2 Å². The minimum absolute atomic E-state index is 0.530. The van der Waals surface area contributed by atoms with Crippen LogP contribution >= 0.6 is 7.52 Å². The summed E-state index contributed by atoms with van der Waals surface area (Å²) in [6.07, 6.45) is 2.49. The Morgan fingerprint density at radius 2 is 1.55 bits per heavy atom.